The second-order valence-electron chi connectivity index (χ2n) is 3.21. The van der Waals surface area contributed by atoms with E-state index in [2.05, 4.69) is 10.3 Å². The van der Waals surface area contributed by atoms with E-state index >= 15 is 0 Å². The van der Waals surface area contributed by atoms with Gasteiger partial charge in [-0.1, -0.05) is 6.08 Å². The van der Waals surface area contributed by atoms with Gasteiger partial charge in [-0.15, -0.1) is 11.3 Å². The molecule has 0 fully saturated rings. The molecule has 0 saturated carbocycles. The van der Waals surface area contributed by atoms with Crippen molar-refractivity contribution in [2.24, 2.45) is 0 Å². The summed E-state index contributed by atoms with van der Waals surface area (Å²) in [4.78, 5) is 4.02. The first-order chi connectivity index (χ1) is 7.07. The first-order valence-corrected chi connectivity index (χ1v) is 5.32. The summed E-state index contributed by atoms with van der Waals surface area (Å²) in [6.45, 7) is 1.53. The number of halogens is 3. The molecule has 0 radical (unpaired) electrons. The van der Waals surface area contributed by atoms with E-state index in [4.69, 9.17) is 0 Å². The van der Waals surface area contributed by atoms with E-state index in [1.54, 1.807) is 0 Å². The fraction of sp³-hybridized carbons (Fsp3) is 0.444. The Labute approximate surface area is 88.8 Å². The SMILES string of the molecule is FC(F)(F)c1ncc(C2=CCNCC2)s1. The minimum absolute atomic E-state index is 0.629. The molecule has 1 aliphatic heterocycles. The summed E-state index contributed by atoms with van der Waals surface area (Å²) in [5.74, 6) is 0. The van der Waals surface area contributed by atoms with E-state index in [0.717, 1.165) is 18.5 Å². The standard InChI is InChI=1S/C9H9F3N2S/c10-9(11,12)8-14-5-7(15-8)6-1-3-13-4-2-6/h1,5,13H,2-4H2. The van der Waals surface area contributed by atoms with Crippen LogP contribution in [0.1, 0.15) is 16.3 Å². The van der Waals surface area contributed by atoms with E-state index in [1.807, 2.05) is 6.08 Å². The van der Waals surface area contributed by atoms with Crippen LogP contribution in [-0.4, -0.2) is 18.1 Å². The topological polar surface area (TPSA) is 24.9 Å². The van der Waals surface area contributed by atoms with E-state index in [1.165, 1.54) is 6.20 Å². The van der Waals surface area contributed by atoms with E-state index in [9.17, 15) is 13.2 Å². The van der Waals surface area contributed by atoms with Crippen LogP contribution in [0.4, 0.5) is 13.2 Å². The van der Waals surface area contributed by atoms with Crippen molar-refractivity contribution < 1.29 is 13.2 Å². The molecule has 1 aromatic rings. The van der Waals surface area contributed by atoms with Crippen molar-refractivity contribution in [2.75, 3.05) is 13.1 Å². The van der Waals surface area contributed by atoms with Gasteiger partial charge in [0.2, 0.25) is 0 Å². The minimum Gasteiger partial charge on any atom is -0.313 e. The number of nitrogens with one attached hydrogen (secondary N) is 1. The summed E-state index contributed by atoms with van der Waals surface area (Å²) < 4.78 is 36.9. The molecule has 0 aliphatic carbocycles. The van der Waals surface area contributed by atoms with Gasteiger partial charge in [0.1, 0.15) is 0 Å². The molecule has 2 nitrogen and oxygen atoms in total. The average Bonchev–Trinajstić information content (AvgIpc) is 2.67. The Hall–Kier alpha value is -0.880. The van der Waals surface area contributed by atoms with Crippen molar-refractivity contribution in [2.45, 2.75) is 12.6 Å². The predicted octanol–water partition coefficient (Wildman–Crippen LogP) is 2.54. The smallest absolute Gasteiger partial charge is 0.313 e. The van der Waals surface area contributed by atoms with E-state index in [-0.39, 0.29) is 0 Å². The molecule has 0 spiro atoms. The monoisotopic (exact) mass is 234 g/mol. The molecular weight excluding hydrogens is 225 g/mol. The second-order valence-corrected chi connectivity index (χ2v) is 4.24. The van der Waals surface area contributed by atoms with Crippen molar-refractivity contribution >= 4 is 16.9 Å². The highest BCUT2D eigenvalue weighted by atomic mass is 32.1. The third kappa shape index (κ3) is 2.38. The highest BCUT2D eigenvalue weighted by molar-refractivity contribution is 7.12. The zero-order valence-electron chi connectivity index (χ0n) is 7.77. The minimum atomic E-state index is -4.32. The van der Waals surface area contributed by atoms with Crippen molar-refractivity contribution in [3.8, 4) is 0 Å². The van der Waals surface area contributed by atoms with Gasteiger partial charge in [0.05, 0.1) is 4.88 Å². The molecule has 1 aromatic heterocycles. The van der Waals surface area contributed by atoms with Crippen LogP contribution in [0.3, 0.4) is 0 Å². The molecule has 82 valence electrons. The van der Waals surface area contributed by atoms with Gasteiger partial charge >= 0.3 is 6.18 Å². The van der Waals surface area contributed by atoms with Crippen LogP contribution in [0.15, 0.2) is 12.3 Å². The third-order valence-electron chi connectivity index (χ3n) is 2.13. The lowest BCUT2D eigenvalue weighted by Gasteiger charge is -2.11. The Balaban J connectivity index is 2.23. The Morgan fingerprint density at radius 3 is 2.73 bits per heavy atom. The number of hydrogen-bond acceptors (Lipinski definition) is 3. The van der Waals surface area contributed by atoms with Gasteiger partial charge in [-0.05, 0) is 18.5 Å². The van der Waals surface area contributed by atoms with Crippen LogP contribution in [-0.2, 0) is 6.18 Å². The van der Waals surface area contributed by atoms with Crippen LogP contribution < -0.4 is 5.32 Å². The lowest BCUT2D eigenvalue weighted by atomic mass is 10.1. The fourth-order valence-electron chi connectivity index (χ4n) is 1.40. The first kappa shape index (κ1) is 10.6. The van der Waals surface area contributed by atoms with Crippen LogP contribution in [0.5, 0.6) is 0 Å². The van der Waals surface area contributed by atoms with Crippen LogP contribution in [0.2, 0.25) is 0 Å². The summed E-state index contributed by atoms with van der Waals surface area (Å²) in [6.07, 6.45) is -0.336. The Morgan fingerprint density at radius 1 is 1.40 bits per heavy atom. The molecule has 0 atom stereocenters. The molecule has 0 bridgehead atoms. The maximum atomic E-state index is 12.3. The fourth-order valence-corrected chi connectivity index (χ4v) is 2.25. The second kappa shape index (κ2) is 3.94. The molecule has 0 saturated heterocycles. The number of aromatic nitrogens is 1. The van der Waals surface area contributed by atoms with Crippen molar-refractivity contribution in [3.05, 3.63) is 22.2 Å². The van der Waals surface area contributed by atoms with Crippen molar-refractivity contribution in [3.63, 3.8) is 0 Å². The predicted molar refractivity (Wildman–Crippen MR) is 52.6 cm³/mol. The molecule has 15 heavy (non-hydrogen) atoms. The highest BCUT2D eigenvalue weighted by Crippen LogP contribution is 2.35. The van der Waals surface area contributed by atoms with Gasteiger partial charge in [0.25, 0.3) is 0 Å². The zero-order valence-corrected chi connectivity index (χ0v) is 8.58. The Morgan fingerprint density at radius 2 is 2.20 bits per heavy atom. The van der Waals surface area contributed by atoms with Crippen molar-refractivity contribution in [1.82, 2.24) is 10.3 Å². The van der Waals surface area contributed by atoms with E-state index in [0.29, 0.717) is 22.8 Å². The highest BCUT2D eigenvalue weighted by Gasteiger charge is 2.34. The Bertz CT molecular complexity index is 381. The van der Waals surface area contributed by atoms with Gasteiger partial charge in [-0.2, -0.15) is 13.2 Å². The number of rotatable bonds is 1. The number of nitrogens with zero attached hydrogens (tertiary/aromatic N) is 1. The van der Waals surface area contributed by atoms with Crippen LogP contribution >= 0.6 is 11.3 Å². The summed E-state index contributed by atoms with van der Waals surface area (Å²) in [7, 11) is 0. The lowest BCUT2D eigenvalue weighted by molar-refractivity contribution is -0.137. The molecule has 0 aromatic carbocycles. The van der Waals surface area contributed by atoms with Gasteiger partial charge in [0, 0.05) is 12.7 Å². The summed E-state index contributed by atoms with van der Waals surface area (Å²) >= 11 is 0.714. The molecule has 1 N–H and O–H groups in total. The molecule has 6 heteroatoms. The third-order valence-corrected chi connectivity index (χ3v) is 3.25. The van der Waals surface area contributed by atoms with Gasteiger partial charge < -0.3 is 5.32 Å². The summed E-state index contributed by atoms with van der Waals surface area (Å²) in [6, 6.07) is 0. The summed E-state index contributed by atoms with van der Waals surface area (Å²) in [5, 5.41) is 2.34. The normalized spacial score (nSPS) is 17.7. The first-order valence-electron chi connectivity index (χ1n) is 4.50. The summed E-state index contributed by atoms with van der Waals surface area (Å²) in [5.41, 5.74) is 0.960. The zero-order chi connectivity index (χ0) is 10.9. The van der Waals surface area contributed by atoms with E-state index < -0.39 is 11.2 Å². The van der Waals surface area contributed by atoms with Gasteiger partial charge in [0.15, 0.2) is 5.01 Å². The molecule has 2 heterocycles. The number of alkyl halides is 3. The quantitative estimate of drug-likeness (QED) is 0.807. The average molecular weight is 234 g/mol. The molecule has 1 aliphatic rings. The Kier molecular flexibility index (Phi) is 2.79. The lowest BCUT2D eigenvalue weighted by Crippen LogP contribution is -2.19. The van der Waals surface area contributed by atoms with Crippen LogP contribution in [0, 0.1) is 0 Å². The van der Waals surface area contributed by atoms with Gasteiger partial charge in [-0.25, -0.2) is 4.98 Å². The maximum Gasteiger partial charge on any atom is 0.443 e. The van der Waals surface area contributed by atoms with Gasteiger partial charge in [-0.3, -0.25) is 0 Å². The van der Waals surface area contributed by atoms with Crippen LogP contribution in [0.25, 0.3) is 5.57 Å². The number of thiazole rings is 1. The molecule has 2 rings (SSSR count). The van der Waals surface area contributed by atoms with Crippen molar-refractivity contribution in [1.29, 1.82) is 0 Å². The molecule has 0 amide bonds. The molecule has 0 unspecified atom stereocenters. The molecular formula is C9H9F3N2S. The number of hydrogen-bond donors (Lipinski definition) is 1. The largest absolute Gasteiger partial charge is 0.443 e. The maximum absolute atomic E-state index is 12.3.